The number of thiazole rings is 1. The Hall–Kier alpha value is -1.63. The molecular formula is C17H19ClN2O3S. The maximum absolute atomic E-state index is 12.2. The van der Waals surface area contributed by atoms with E-state index < -0.39 is 0 Å². The SMILES string of the molecule is COc1ccc(-c2csc(N(C[C@H]3CCCO3)C(=O)CCl)n2)cc1. The summed E-state index contributed by atoms with van der Waals surface area (Å²) >= 11 is 7.21. The van der Waals surface area contributed by atoms with Gasteiger partial charge in [0.15, 0.2) is 5.13 Å². The highest BCUT2D eigenvalue weighted by molar-refractivity contribution is 7.14. The second-order valence-electron chi connectivity index (χ2n) is 5.52. The minimum Gasteiger partial charge on any atom is -0.497 e. The van der Waals surface area contributed by atoms with E-state index in [1.807, 2.05) is 29.6 Å². The van der Waals surface area contributed by atoms with Gasteiger partial charge in [0, 0.05) is 17.6 Å². The molecule has 0 bridgehead atoms. The van der Waals surface area contributed by atoms with Crippen molar-refractivity contribution in [2.24, 2.45) is 0 Å². The van der Waals surface area contributed by atoms with E-state index in [1.54, 1.807) is 12.0 Å². The second kappa shape index (κ2) is 7.96. The van der Waals surface area contributed by atoms with Crippen molar-refractivity contribution in [3.05, 3.63) is 29.6 Å². The van der Waals surface area contributed by atoms with Crippen molar-refractivity contribution in [3.8, 4) is 17.0 Å². The molecule has 3 rings (SSSR count). The van der Waals surface area contributed by atoms with Crippen molar-refractivity contribution in [3.63, 3.8) is 0 Å². The number of nitrogens with zero attached hydrogens (tertiary/aromatic N) is 2. The first-order chi connectivity index (χ1) is 11.7. The number of alkyl halides is 1. The van der Waals surface area contributed by atoms with E-state index in [2.05, 4.69) is 4.98 Å². The molecule has 1 saturated heterocycles. The van der Waals surface area contributed by atoms with Crippen LogP contribution in [0.2, 0.25) is 0 Å². The fourth-order valence-electron chi connectivity index (χ4n) is 2.63. The summed E-state index contributed by atoms with van der Waals surface area (Å²) in [6.45, 7) is 1.25. The van der Waals surface area contributed by atoms with Crippen molar-refractivity contribution in [2.45, 2.75) is 18.9 Å². The summed E-state index contributed by atoms with van der Waals surface area (Å²) < 4.78 is 10.8. The Morgan fingerprint density at radius 1 is 1.46 bits per heavy atom. The van der Waals surface area contributed by atoms with Gasteiger partial charge in [0.1, 0.15) is 11.6 Å². The molecule has 1 aliphatic heterocycles. The molecule has 1 fully saturated rings. The number of carbonyl (C=O) groups excluding carboxylic acids is 1. The lowest BCUT2D eigenvalue weighted by Crippen LogP contribution is -2.38. The zero-order valence-corrected chi connectivity index (χ0v) is 15.0. The summed E-state index contributed by atoms with van der Waals surface area (Å²) in [4.78, 5) is 18.5. The maximum atomic E-state index is 12.2. The van der Waals surface area contributed by atoms with Crippen molar-refractivity contribution in [2.75, 3.05) is 31.0 Å². The molecular weight excluding hydrogens is 348 g/mol. The van der Waals surface area contributed by atoms with Crippen molar-refractivity contribution in [1.82, 2.24) is 4.98 Å². The van der Waals surface area contributed by atoms with Crippen molar-refractivity contribution < 1.29 is 14.3 Å². The van der Waals surface area contributed by atoms with Gasteiger partial charge in [-0.1, -0.05) is 0 Å². The van der Waals surface area contributed by atoms with E-state index >= 15 is 0 Å². The number of hydrogen-bond donors (Lipinski definition) is 0. The third kappa shape index (κ3) is 3.88. The van der Waals surface area contributed by atoms with Crippen LogP contribution in [0, 0.1) is 0 Å². The summed E-state index contributed by atoms with van der Waals surface area (Å²) in [7, 11) is 1.64. The lowest BCUT2D eigenvalue weighted by atomic mass is 10.2. The number of anilines is 1. The smallest absolute Gasteiger partial charge is 0.243 e. The normalized spacial score (nSPS) is 17.0. The Morgan fingerprint density at radius 2 is 2.25 bits per heavy atom. The van der Waals surface area contributed by atoms with Crippen molar-refractivity contribution >= 4 is 34.0 Å². The molecule has 1 aromatic heterocycles. The summed E-state index contributed by atoms with van der Waals surface area (Å²) in [5.74, 6) is 0.582. The van der Waals surface area contributed by atoms with Crippen LogP contribution < -0.4 is 9.64 Å². The predicted octanol–water partition coefficient (Wildman–Crippen LogP) is 3.57. The number of carbonyl (C=O) groups is 1. The van der Waals surface area contributed by atoms with Gasteiger partial charge in [-0.25, -0.2) is 4.98 Å². The summed E-state index contributed by atoms with van der Waals surface area (Å²) in [6.07, 6.45) is 2.05. The van der Waals surface area contributed by atoms with Gasteiger partial charge >= 0.3 is 0 Å². The number of hydrogen-bond acceptors (Lipinski definition) is 5. The average molecular weight is 367 g/mol. The van der Waals surface area contributed by atoms with Gasteiger partial charge in [-0.2, -0.15) is 0 Å². The molecule has 0 radical (unpaired) electrons. The van der Waals surface area contributed by atoms with Gasteiger partial charge < -0.3 is 9.47 Å². The van der Waals surface area contributed by atoms with Crippen LogP contribution in [0.3, 0.4) is 0 Å². The molecule has 0 spiro atoms. The lowest BCUT2D eigenvalue weighted by Gasteiger charge is -2.22. The molecule has 5 nitrogen and oxygen atoms in total. The highest BCUT2D eigenvalue weighted by atomic mass is 35.5. The topological polar surface area (TPSA) is 51.7 Å². The van der Waals surface area contributed by atoms with Gasteiger partial charge in [-0.3, -0.25) is 9.69 Å². The van der Waals surface area contributed by atoms with Crippen LogP contribution in [-0.4, -0.2) is 43.1 Å². The van der Waals surface area contributed by atoms with E-state index in [0.29, 0.717) is 11.7 Å². The number of ether oxygens (including phenoxy) is 2. The Balaban J connectivity index is 1.80. The van der Waals surface area contributed by atoms with Crippen LogP contribution >= 0.6 is 22.9 Å². The van der Waals surface area contributed by atoms with Gasteiger partial charge in [0.25, 0.3) is 0 Å². The molecule has 0 N–H and O–H groups in total. The average Bonchev–Trinajstić information content (AvgIpc) is 3.31. The van der Waals surface area contributed by atoms with E-state index in [9.17, 15) is 4.79 Å². The quantitative estimate of drug-likeness (QED) is 0.733. The van der Waals surface area contributed by atoms with E-state index in [0.717, 1.165) is 36.5 Å². The largest absolute Gasteiger partial charge is 0.497 e. The molecule has 2 aromatic rings. The number of benzene rings is 1. The van der Waals surface area contributed by atoms with E-state index in [4.69, 9.17) is 21.1 Å². The van der Waals surface area contributed by atoms with E-state index in [-0.39, 0.29) is 17.9 Å². The minimum atomic E-state index is -0.150. The van der Waals surface area contributed by atoms with Gasteiger partial charge in [-0.15, -0.1) is 22.9 Å². The summed E-state index contributed by atoms with van der Waals surface area (Å²) in [5, 5.41) is 2.60. The van der Waals surface area contributed by atoms with E-state index in [1.165, 1.54) is 11.3 Å². The highest BCUT2D eigenvalue weighted by Crippen LogP contribution is 2.29. The van der Waals surface area contributed by atoms with Gasteiger partial charge in [-0.05, 0) is 37.1 Å². The number of methoxy groups -OCH3 is 1. The lowest BCUT2D eigenvalue weighted by molar-refractivity contribution is -0.116. The molecule has 0 saturated carbocycles. The Kier molecular flexibility index (Phi) is 5.71. The number of halogens is 1. The zero-order valence-electron chi connectivity index (χ0n) is 13.4. The highest BCUT2D eigenvalue weighted by Gasteiger charge is 2.25. The van der Waals surface area contributed by atoms with Crippen LogP contribution in [0.4, 0.5) is 5.13 Å². The molecule has 0 unspecified atom stereocenters. The second-order valence-corrected chi connectivity index (χ2v) is 6.62. The van der Waals surface area contributed by atoms with Crippen LogP contribution in [0.1, 0.15) is 12.8 Å². The molecule has 1 aliphatic rings. The van der Waals surface area contributed by atoms with Crippen molar-refractivity contribution in [1.29, 1.82) is 0 Å². The first-order valence-electron chi connectivity index (χ1n) is 7.79. The Labute approximate surface area is 150 Å². The molecule has 1 aromatic carbocycles. The molecule has 1 amide bonds. The molecule has 1 atom stereocenters. The fraction of sp³-hybridized carbons (Fsp3) is 0.412. The van der Waals surface area contributed by atoms with Crippen LogP contribution in [0.15, 0.2) is 29.6 Å². The van der Waals surface area contributed by atoms with Crippen LogP contribution in [-0.2, 0) is 9.53 Å². The predicted molar refractivity (Wildman–Crippen MR) is 96.1 cm³/mol. The molecule has 0 aliphatic carbocycles. The molecule has 24 heavy (non-hydrogen) atoms. The fourth-order valence-corrected chi connectivity index (χ4v) is 3.64. The third-order valence-electron chi connectivity index (χ3n) is 3.93. The molecule has 128 valence electrons. The number of rotatable bonds is 6. The minimum absolute atomic E-state index is 0.0607. The van der Waals surface area contributed by atoms with Crippen LogP contribution in [0.25, 0.3) is 11.3 Å². The maximum Gasteiger partial charge on any atom is 0.243 e. The summed E-state index contributed by atoms with van der Waals surface area (Å²) in [6, 6.07) is 7.68. The zero-order chi connectivity index (χ0) is 16.9. The van der Waals surface area contributed by atoms with Gasteiger partial charge in [0.2, 0.25) is 5.91 Å². The summed E-state index contributed by atoms with van der Waals surface area (Å²) in [5.41, 5.74) is 1.81. The molecule has 2 heterocycles. The standard InChI is InChI=1S/C17H19ClN2O3S/c1-22-13-6-4-12(5-7-13)15-11-24-17(19-15)20(16(21)9-18)10-14-3-2-8-23-14/h4-7,11,14H,2-3,8-10H2,1H3/t14-/m1/s1. The monoisotopic (exact) mass is 366 g/mol. The molecule has 7 heteroatoms. The number of amides is 1. The first kappa shape index (κ1) is 17.2. The Morgan fingerprint density at radius 3 is 2.88 bits per heavy atom. The van der Waals surface area contributed by atoms with Crippen LogP contribution in [0.5, 0.6) is 5.75 Å². The van der Waals surface area contributed by atoms with Gasteiger partial charge in [0.05, 0.1) is 25.5 Å². The Bertz CT molecular complexity index is 683. The third-order valence-corrected chi connectivity index (χ3v) is 5.03. The number of aromatic nitrogens is 1. The first-order valence-corrected chi connectivity index (χ1v) is 9.20.